The Bertz CT molecular complexity index is 943. The van der Waals surface area contributed by atoms with Gasteiger partial charge >= 0.3 is 17.9 Å². The maximum absolute atomic E-state index is 12.9. The van der Waals surface area contributed by atoms with Gasteiger partial charge in [0.25, 0.3) is 0 Å². The third-order valence-electron chi connectivity index (χ3n) is 4.63. The zero-order valence-electron chi connectivity index (χ0n) is 19.6. The Hall–Kier alpha value is -2.92. The van der Waals surface area contributed by atoms with Crippen LogP contribution in [0.5, 0.6) is 0 Å². The summed E-state index contributed by atoms with van der Waals surface area (Å²) in [7, 11) is 1.29. The number of dihydropyridines is 1. The molecule has 2 unspecified atom stereocenters. The van der Waals surface area contributed by atoms with E-state index in [1.807, 2.05) is 0 Å². The van der Waals surface area contributed by atoms with E-state index in [0.29, 0.717) is 40.7 Å². The van der Waals surface area contributed by atoms with Crippen molar-refractivity contribution < 1.29 is 38.8 Å². The standard InChI is InChI=1S/C20H25ClN2O5.C3H6O3/c1-4-28-20(25)18-15(11-27-10-9-22)23-12(2)16(19(24)26-3)17(18)13-7-5-6-8-14(13)21;1-2(4)3(5)6/h5-8,17,23H,4,9-11,22H2,1-3H3;2,4H,1H3,(H,5,6). The molecule has 1 aliphatic rings. The van der Waals surface area contributed by atoms with E-state index in [9.17, 15) is 14.4 Å². The van der Waals surface area contributed by atoms with Gasteiger partial charge in [0.15, 0.2) is 0 Å². The fourth-order valence-electron chi connectivity index (χ4n) is 3.12. The van der Waals surface area contributed by atoms with Crippen molar-refractivity contribution in [2.24, 2.45) is 5.73 Å². The zero-order valence-corrected chi connectivity index (χ0v) is 20.3. The summed E-state index contributed by atoms with van der Waals surface area (Å²) in [5, 5.41) is 19.3. The number of carbonyl (C=O) groups is 3. The molecule has 1 aromatic rings. The van der Waals surface area contributed by atoms with Crippen LogP contribution in [0.1, 0.15) is 32.3 Å². The molecule has 1 heterocycles. The molecule has 0 amide bonds. The lowest BCUT2D eigenvalue weighted by atomic mass is 9.80. The Morgan fingerprint density at radius 2 is 1.82 bits per heavy atom. The van der Waals surface area contributed by atoms with E-state index in [-0.39, 0.29) is 18.8 Å². The zero-order chi connectivity index (χ0) is 25.8. The van der Waals surface area contributed by atoms with Crippen LogP contribution < -0.4 is 11.1 Å². The number of aliphatic carboxylic acids is 1. The first kappa shape index (κ1) is 29.1. The molecule has 10 nitrogen and oxygen atoms in total. The molecule has 0 aliphatic carbocycles. The van der Waals surface area contributed by atoms with E-state index in [0.717, 1.165) is 0 Å². The molecule has 0 fully saturated rings. The molecule has 1 aliphatic heterocycles. The summed E-state index contributed by atoms with van der Waals surface area (Å²) in [4.78, 5) is 34.9. The van der Waals surface area contributed by atoms with Crippen LogP contribution in [-0.2, 0) is 28.6 Å². The smallest absolute Gasteiger partial charge is 0.336 e. The number of hydrogen-bond acceptors (Lipinski definition) is 9. The number of carbonyl (C=O) groups excluding carboxylic acids is 2. The molecule has 0 bridgehead atoms. The number of hydrogen-bond donors (Lipinski definition) is 4. The second-order valence-corrected chi connectivity index (χ2v) is 7.49. The van der Waals surface area contributed by atoms with Crippen molar-refractivity contribution in [2.45, 2.75) is 32.8 Å². The van der Waals surface area contributed by atoms with Crippen LogP contribution in [0.25, 0.3) is 0 Å². The molecule has 1 aromatic carbocycles. The number of aliphatic hydroxyl groups excluding tert-OH is 1. The van der Waals surface area contributed by atoms with E-state index >= 15 is 0 Å². The van der Waals surface area contributed by atoms with Crippen molar-refractivity contribution in [3.63, 3.8) is 0 Å². The number of carboxylic acid groups (broad SMARTS) is 1. The highest BCUT2D eigenvalue weighted by Gasteiger charge is 2.39. The van der Waals surface area contributed by atoms with Gasteiger partial charge in [0.1, 0.15) is 6.10 Å². The van der Waals surface area contributed by atoms with Gasteiger partial charge < -0.3 is 35.5 Å². The first-order valence-electron chi connectivity index (χ1n) is 10.5. The van der Waals surface area contributed by atoms with E-state index in [1.54, 1.807) is 38.1 Å². The molecule has 0 radical (unpaired) electrons. The monoisotopic (exact) mass is 498 g/mol. The second kappa shape index (κ2) is 14.4. The third-order valence-corrected chi connectivity index (χ3v) is 4.97. The van der Waals surface area contributed by atoms with Crippen LogP contribution in [0.4, 0.5) is 0 Å². The molecule has 0 saturated heterocycles. The lowest BCUT2D eigenvalue weighted by Crippen LogP contribution is -2.35. The summed E-state index contributed by atoms with van der Waals surface area (Å²) in [6, 6.07) is 7.05. The fourth-order valence-corrected chi connectivity index (χ4v) is 3.36. The summed E-state index contributed by atoms with van der Waals surface area (Å²) in [5.41, 5.74) is 7.70. The van der Waals surface area contributed by atoms with Crippen LogP contribution in [0.3, 0.4) is 0 Å². The van der Waals surface area contributed by atoms with Crippen LogP contribution in [-0.4, -0.2) is 67.7 Å². The number of nitrogens with two attached hydrogens (primary N) is 1. The third kappa shape index (κ3) is 7.84. The number of methoxy groups -OCH3 is 1. The van der Waals surface area contributed by atoms with Gasteiger partial charge in [-0.3, -0.25) is 0 Å². The number of rotatable bonds is 9. The summed E-state index contributed by atoms with van der Waals surface area (Å²) < 4.78 is 15.8. The number of ether oxygens (including phenoxy) is 3. The van der Waals surface area contributed by atoms with E-state index in [2.05, 4.69) is 5.32 Å². The van der Waals surface area contributed by atoms with Gasteiger partial charge in [0, 0.05) is 17.3 Å². The molecular formula is C23H31ClN2O8. The van der Waals surface area contributed by atoms with Crippen molar-refractivity contribution in [3.05, 3.63) is 57.4 Å². The minimum atomic E-state index is -1.23. The van der Waals surface area contributed by atoms with Crippen LogP contribution in [0.15, 0.2) is 46.8 Å². The molecule has 188 valence electrons. The molecule has 2 rings (SSSR count). The van der Waals surface area contributed by atoms with E-state index in [4.69, 9.17) is 41.8 Å². The number of esters is 2. The van der Waals surface area contributed by atoms with Crippen molar-refractivity contribution in [1.29, 1.82) is 0 Å². The highest BCUT2D eigenvalue weighted by molar-refractivity contribution is 6.31. The molecule has 0 aromatic heterocycles. The molecule has 11 heteroatoms. The van der Waals surface area contributed by atoms with E-state index in [1.165, 1.54) is 14.0 Å². The van der Waals surface area contributed by atoms with Gasteiger partial charge in [-0.05, 0) is 32.4 Å². The molecular weight excluding hydrogens is 468 g/mol. The minimum absolute atomic E-state index is 0.109. The minimum Gasteiger partial charge on any atom is -0.479 e. The van der Waals surface area contributed by atoms with Gasteiger partial charge in [-0.1, -0.05) is 29.8 Å². The summed E-state index contributed by atoms with van der Waals surface area (Å²) in [6.07, 6.45) is -1.23. The van der Waals surface area contributed by atoms with Crippen LogP contribution in [0.2, 0.25) is 5.02 Å². The SMILES string of the molecule is CC(O)C(=O)O.CCOC(=O)C1=C(COCCN)NC(C)=C(C(=O)OC)C1c1ccccc1Cl. The molecule has 5 N–H and O–H groups in total. The summed E-state index contributed by atoms with van der Waals surface area (Å²) >= 11 is 6.42. The van der Waals surface area contributed by atoms with Gasteiger partial charge in [-0.15, -0.1) is 0 Å². The normalized spacial score (nSPS) is 16.1. The van der Waals surface area contributed by atoms with Gasteiger partial charge in [0.2, 0.25) is 0 Å². The Labute approximate surface area is 203 Å². The van der Waals surface area contributed by atoms with Gasteiger partial charge in [-0.25, -0.2) is 14.4 Å². The summed E-state index contributed by atoms with van der Waals surface area (Å²) in [6.45, 7) is 5.61. The molecule has 0 spiro atoms. The Kier molecular flexibility index (Phi) is 12.3. The first-order chi connectivity index (χ1) is 16.1. The number of nitrogens with one attached hydrogen (secondary N) is 1. The maximum Gasteiger partial charge on any atom is 0.336 e. The molecule has 34 heavy (non-hydrogen) atoms. The van der Waals surface area contributed by atoms with Crippen molar-refractivity contribution >= 4 is 29.5 Å². The Morgan fingerprint density at radius 1 is 1.21 bits per heavy atom. The highest BCUT2D eigenvalue weighted by Crippen LogP contribution is 2.41. The van der Waals surface area contributed by atoms with Crippen molar-refractivity contribution in [1.82, 2.24) is 5.32 Å². The largest absolute Gasteiger partial charge is 0.479 e. The quantitative estimate of drug-likeness (QED) is 0.292. The van der Waals surface area contributed by atoms with Crippen molar-refractivity contribution in [2.75, 3.05) is 33.5 Å². The van der Waals surface area contributed by atoms with Crippen molar-refractivity contribution in [3.8, 4) is 0 Å². The number of aliphatic hydroxyl groups is 1. The predicted molar refractivity (Wildman–Crippen MR) is 125 cm³/mol. The Morgan fingerprint density at radius 3 is 2.32 bits per heavy atom. The number of halogens is 1. The van der Waals surface area contributed by atoms with Crippen LogP contribution >= 0.6 is 11.6 Å². The highest BCUT2D eigenvalue weighted by atomic mass is 35.5. The lowest BCUT2D eigenvalue weighted by molar-refractivity contribution is -0.145. The predicted octanol–water partition coefficient (Wildman–Crippen LogP) is 1.72. The lowest BCUT2D eigenvalue weighted by Gasteiger charge is -2.31. The Balaban J connectivity index is 0.000000852. The van der Waals surface area contributed by atoms with Crippen LogP contribution in [0, 0.1) is 0 Å². The maximum atomic E-state index is 12.9. The summed E-state index contributed by atoms with van der Waals surface area (Å²) in [5.74, 6) is -3.05. The van der Waals surface area contributed by atoms with Gasteiger partial charge in [-0.2, -0.15) is 0 Å². The number of benzene rings is 1. The average molecular weight is 499 g/mol. The van der Waals surface area contributed by atoms with E-state index < -0.39 is 29.9 Å². The molecule has 0 saturated carbocycles. The topological polar surface area (TPSA) is 157 Å². The average Bonchev–Trinajstić information content (AvgIpc) is 2.79. The first-order valence-corrected chi connectivity index (χ1v) is 10.9. The number of allylic oxidation sites excluding steroid dienone is 1. The van der Waals surface area contributed by atoms with Gasteiger partial charge in [0.05, 0.1) is 49.7 Å². The fraction of sp³-hybridized carbons (Fsp3) is 0.435. The second-order valence-electron chi connectivity index (χ2n) is 7.08. The number of carboxylic acids is 1. The molecule has 2 atom stereocenters.